The first-order chi connectivity index (χ1) is 17.3. The minimum Gasteiger partial charge on any atom is -0.451 e. The molecule has 2 aliphatic carbocycles. The van der Waals surface area contributed by atoms with Crippen molar-refractivity contribution in [2.24, 2.45) is 0 Å². The zero-order valence-electron chi connectivity index (χ0n) is 19.9. The zero-order chi connectivity index (χ0) is 26.7. The van der Waals surface area contributed by atoms with E-state index in [4.69, 9.17) is 4.42 Å². The van der Waals surface area contributed by atoms with Crippen LogP contribution in [0.2, 0.25) is 0 Å². The molecular formula is C25H26F3N3O5S. The molecule has 0 radical (unpaired) electrons. The van der Waals surface area contributed by atoms with Crippen LogP contribution in [0.15, 0.2) is 28.7 Å². The summed E-state index contributed by atoms with van der Waals surface area (Å²) in [6, 6.07) is 7.94. The fraction of sp³-hybridized carbons (Fsp3) is 0.560. The molecule has 2 heterocycles. The maximum atomic E-state index is 15.5. The Morgan fingerprint density at radius 1 is 0.919 bits per heavy atom. The maximum absolute atomic E-state index is 15.5. The number of nitrogens with one attached hydrogen (secondary N) is 2. The van der Waals surface area contributed by atoms with Gasteiger partial charge in [0.15, 0.2) is 15.6 Å². The van der Waals surface area contributed by atoms with Crippen molar-refractivity contribution in [2.75, 3.05) is 11.5 Å². The Bertz CT molecular complexity index is 1400. The fourth-order valence-corrected chi connectivity index (χ4v) is 6.50. The van der Waals surface area contributed by atoms with Gasteiger partial charge < -0.3 is 15.1 Å². The average molecular weight is 538 g/mol. The Hall–Kier alpha value is -3.07. The van der Waals surface area contributed by atoms with Gasteiger partial charge in [-0.3, -0.25) is 9.59 Å². The molecule has 3 aliphatic rings. The fourth-order valence-electron chi connectivity index (χ4n) is 5.03. The summed E-state index contributed by atoms with van der Waals surface area (Å²) < 4.78 is 72.4. The smallest absolute Gasteiger partial charge is 0.287 e. The molecule has 0 unspecified atom stereocenters. The number of furan rings is 1. The monoisotopic (exact) mass is 537 g/mol. The highest BCUT2D eigenvalue weighted by Gasteiger charge is 2.53. The molecule has 12 heteroatoms. The molecule has 1 aromatic carbocycles. The number of fused-ring (bicyclic) bond motifs is 1. The molecule has 5 rings (SSSR count). The number of hydrogen-bond acceptors (Lipinski definition) is 6. The van der Waals surface area contributed by atoms with E-state index in [1.54, 1.807) is 6.07 Å². The zero-order valence-corrected chi connectivity index (χ0v) is 20.7. The number of sulfone groups is 1. The van der Waals surface area contributed by atoms with Gasteiger partial charge in [-0.1, -0.05) is 12.1 Å². The van der Waals surface area contributed by atoms with E-state index in [1.165, 1.54) is 18.2 Å². The number of alkyl halides is 3. The van der Waals surface area contributed by atoms with Crippen LogP contribution < -0.4 is 10.6 Å². The predicted octanol–water partition coefficient (Wildman–Crippen LogP) is 3.66. The van der Waals surface area contributed by atoms with Crippen LogP contribution in [0.5, 0.6) is 0 Å². The molecule has 2 saturated carbocycles. The van der Waals surface area contributed by atoms with Gasteiger partial charge in [0.05, 0.1) is 17.6 Å². The van der Waals surface area contributed by atoms with Crippen molar-refractivity contribution in [3.63, 3.8) is 0 Å². The molecule has 3 fully saturated rings. The number of halogens is 3. The standard InChI is InChI=1S/C25H26F3N3O5S/c26-23(9-11-37(34,35)12-10-23)17-2-1-16-13-19(36-18(16)14-17)20(32)30-24(5-7-25(27,28)8-6-24)21(33)31-22(15-29)3-4-22/h1-2,13-14H,3-12H2,(H,30,32)(H,31,33). The van der Waals surface area contributed by atoms with E-state index in [9.17, 15) is 32.0 Å². The highest BCUT2D eigenvalue weighted by molar-refractivity contribution is 7.91. The highest BCUT2D eigenvalue weighted by Crippen LogP contribution is 2.42. The van der Waals surface area contributed by atoms with Gasteiger partial charge in [-0.2, -0.15) is 5.26 Å². The van der Waals surface area contributed by atoms with E-state index >= 15 is 4.39 Å². The highest BCUT2D eigenvalue weighted by atomic mass is 32.2. The van der Waals surface area contributed by atoms with Crippen molar-refractivity contribution < 1.29 is 35.6 Å². The predicted molar refractivity (Wildman–Crippen MR) is 126 cm³/mol. The van der Waals surface area contributed by atoms with Crippen LogP contribution in [0.1, 0.15) is 67.5 Å². The molecule has 0 spiro atoms. The van der Waals surface area contributed by atoms with Crippen molar-refractivity contribution in [1.29, 1.82) is 5.26 Å². The molecule has 37 heavy (non-hydrogen) atoms. The van der Waals surface area contributed by atoms with E-state index in [-0.39, 0.29) is 54.1 Å². The lowest BCUT2D eigenvalue weighted by Gasteiger charge is -2.39. The number of carbonyl (C=O) groups is 2. The van der Waals surface area contributed by atoms with Gasteiger partial charge in [-0.05, 0) is 56.2 Å². The number of amides is 2. The van der Waals surface area contributed by atoms with E-state index in [0.717, 1.165) is 0 Å². The largest absolute Gasteiger partial charge is 0.451 e. The molecule has 1 saturated heterocycles. The van der Waals surface area contributed by atoms with Crippen LogP contribution in [0, 0.1) is 11.3 Å². The Morgan fingerprint density at radius 3 is 2.16 bits per heavy atom. The van der Waals surface area contributed by atoms with E-state index in [1.807, 2.05) is 6.07 Å². The van der Waals surface area contributed by atoms with Crippen LogP contribution in [0.4, 0.5) is 13.2 Å². The first kappa shape index (κ1) is 25.6. The third-order valence-electron chi connectivity index (χ3n) is 7.82. The van der Waals surface area contributed by atoms with Gasteiger partial charge in [0.25, 0.3) is 5.91 Å². The third-order valence-corrected chi connectivity index (χ3v) is 9.47. The Labute approximate surface area is 211 Å². The molecule has 2 N–H and O–H groups in total. The maximum Gasteiger partial charge on any atom is 0.287 e. The molecular weight excluding hydrogens is 511 g/mol. The van der Waals surface area contributed by atoms with Gasteiger partial charge >= 0.3 is 0 Å². The average Bonchev–Trinajstić information content (AvgIpc) is 3.49. The summed E-state index contributed by atoms with van der Waals surface area (Å²) in [5.41, 5.74) is -4.07. The summed E-state index contributed by atoms with van der Waals surface area (Å²) in [5.74, 6) is -5.14. The summed E-state index contributed by atoms with van der Waals surface area (Å²) >= 11 is 0. The Balaban J connectivity index is 1.38. The topological polar surface area (TPSA) is 129 Å². The van der Waals surface area contributed by atoms with Crippen LogP contribution >= 0.6 is 0 Å². The summed E-state index contributed by atoms with van der Waals surface area (Å²) in [5, 5.41) is 15.0. The SMILES string of the molecule is N#CC1(NC(=O)C2(NC(=O)c3cc4ccc(C5(F)CCS(=O)(=O)CC5)cc4o3)CCC(F)(F)CC2)CC1. The van der Waals surface area contributed by atoms with Crippen molar-refractivity contribution in [2.45, 2.75) is 74.0 Å². The minimum absolute atomic E-state index is 0.179. The second kappa shape index (κ2) is 8.48. The lowest BCUT2D eigenvalue weighted by molar-refractivity contribution is -0.133. The van der Waals surface area contributed by atoms with Crippen molar-refractivity contribution >= 4 is 32.6 Å². The van der Waals surface area contributed by atoms with Gasteiger partial charge in [-0.15, -0.1) is 0 Å². The number of hydrogen-bond donors (Lipinski definition) is 2. The summed E-state index contributed by atoms with van der Waals surface area (Å²) in [6.07, 6.45) is -1.28. The number of rotatable bonds is 5. The van der Waals surface area contributed by atoms with Crippen LogP contribution in [0.3, 0.4) is 0 Å². The van der Waals surface area contributed by atoms with Gasteiger partial charge in [0, 0.05) is 18.2 Å². The van der Waals surface area contributed by atoms with Crippen molar-refractivity contribution in [3.05, 3.63) is 35.6 Å². The minimum atomic E-state index is -3.27. The normalized spacial score (nSPS) is 24.5. The summed E-state index contributed by atoms with van der Waals surface area (Å²) in [6.45, 7) is 0. The van der Waals surface area contributed by atoms with Gasteiger partial charge in [0.1, 0.15) is 22.3 Å². The molecule has 0 atom stereocenters. The Kier molecular flexibility index (Phi) is 5.86. The van der Waals surface area contributed by atoms with Crippen molar-refractivity contribution in [1.82, 2.24) is 10.6 Å². The van der Waals surface area contributed by atoms with Gasteiger partial charge in [0.2, 0.25) is 11.8 Å². The number of benzene rings is 1. The lowest BCUT2D eigenvalue weighted by atomic mass is 9.78. The molecule has 198 valence electrons. The number of carbonyl (C=O) groups excluding carboxylic acids is 2. The Morgan fingerprint density at radius 2 is 1.57 bits per heavy atom. The second-order valence-corrected chi connectivity index (χ2v) is 12.8. The molecule has 1 aromatic heterocycles. The second-order valence-electron chi connectivity index (χ2n) is 10.5. The summed E-state index contributed by atoms with van der Waals surface area (Å²) in [4.78, 5) is 26.3. The van der Waals surface area contributed by atoms with Crippen LogP contribution in [-0.2, 0) is 20.3 Å². The van der Waals surface area contributed by atoms with Gasteiger partial charge in [-0.25, -0.2) is 21.6 Å². The van der Waals surface area contributed by atoms with E-state index < -0.39 is 57.2 Å². The summed E-state index contributed by atoms with van der Waals surface area (Å²) in [7, 11) is -3.27. The molecule has 0 bridgehead atoms. The quantitative estimate of drug-likeness (QED) is 0.599. The van der Waals surface area contributed by atoms with Crippen LogP contribution in [0.25, 0.3) is 11.0 Å². The molecule has 2 aromatic rings. The molecule has 1 aliphatic heterocycles. The first-order valence-corrected chi connectivity index (χ1v) is 14.0. The number of nitriles is 1. The van der Waals surface area contributed by atoms with Crippen molar-refractivity contribution in [3.8, 4) is 6.07 Å². The third kappa shape index (κ3) is 4.93. The molecule has 8 nitrogen and oxygen atoms in total. The molecule has 2 amide bonds. The van der Waals surface area contributed by atoms with Crippen LogP contribution in [-0.4, -0.2) is 48.7 Å². The lowest BCUT2D eigenvalue weighted by Crippen LogP contribution is -2.62. The van der Waals surface area contributed by atoms with E-state index in [2.05, 4.69) is 10.6 Å². The van der Waals surface area contributed by atoms with E-state index in [0.29, 0.717) is 18.2 Å². The number of nitrogens with zero attached hydrogens (tertiary/aromatic N) is 1. The first-order valence-electron chi connectivity index (χ1n) is 12.2.